The number of aliphatic carboxylic acids is 1. The molecule has 1 atom stereocenters. The van der Waals surface area contributed by atoms with Crippen LogP contribution in [0.2, 0.25) is 0 Å². The molecule has 0 bridgehead atoms. The van der Waals surface area contributed by atoms with Crippen LogP contribution in [-0.4, -0.2) is 16.2 Å². The van der Waals surface area contributed by atoms with Crippen LogP contribution < -0.4 is 4.74 Å². The largest absolute Gasteiger partial charge is 0.489 e. The molecule has 0 amide bonds. The number of rotatable bonds is 11. The molecule has 4 aromatic rings. The van der Waals surface area contributed by atoms with E-state index in [4.69, 9.17) is 13.7 Å². The first-order valence-electron chi connectivity index (χ1n) is 11.6. The van der Waals surface area contributed by atoms with Crippen LogP contribution in [0.5, 0.6) is 5.75 Å². The number of carbonyl (C=O) groups is 1. The van der Waals surface area contributed by atoms with E-state index in [1.807, 2.05) is 37.3 Å². The van der Waals surface area contributed by atoms with Gasteiger partial charge < -0.3 is 18.8 Å². The number of ether oxygens (including phenoxy) is 1. The number of furan rings is 1. The molecule has 0 unspecified atom stereocenters. The van der Waals surface area contributed by atoms with Crippen molar-refractivity contribution in [2.45, 2.75) is 52.1 Å². The number of unbranched alkanes of at least 4 members (excludes halogenated alkanes) is 1. The number of aryl methyl sites for hydroxylation is 2. The third-order valence-corrected chi connectivity index (χ3v) is 5.95. The van der Waals surface area contributed by atoms with Crippen molar-refractivity contribution in [3.05, 3.63) is 95.1 Å². The SMILES string of the molecule is CCCCc1ccc(-c2cc(COc3ccc([C@H](CC(=O)O)c4ccon4)cc3)c(C)o2)cc1. The Balaban J connectivity index is 1.41. The third-order valence-electron chi connectivity index (χ3n) is 5.95. The molecule has 0 fully saturated rings. The summed E-state index contributed by atoms with van der Waals surface area (Å²) in [5.74, 6) is 1.08. The Bertz CT molecular complexity index is 1190. The molecule has 0 saturated heterocycles. The molecule has 0 radical (unpaired) electrons. The molecular formula is C28H29NO5. The zero-order chi connectivity index (χ0) is 23.9. The molecule has 6 heteroatoms. The second-order valence-corrected chi connectivity index (χ2v) is 8.43. The summed E-state index contributed by atoms with van der Waals surface area (Å²) in [4.78, 5) is 11.3. The van der Waals surface area contributed by atoms with Crippen molar-refractivity contribution in [1.82, 2.24) is 5.16 Å². The Morgan fingerprint density at radius 2 is 1.85 bits per heavy atom. The minimum absolute atomic E-state index is 0.0662. The van der Waals surface area contributed by atoms with Gasteiger partial charge >= 0.3 is 5.97 Å². The van der Waals surface area contributed by atoms with Gasteiger partial charge in [0.1, 0.15) is 30.1 Å². The third kappa shape index (κ3) is 5.76. The zero-order valence-electron chi connectivity index (χ0n) is 19.5. The Hall–Kier alpha value is -3.80. The quantitative estimate of drug-likeness (QED) is 0.266. The van der Waals surface area contributed by atoms with Crippen LogP contribution in [0.15, 0.2) is 75.9 Å². The lowest BCUT2D eigenvalue weighted by molar-refractivity contribution is -0.137. The van der Waals surface area contributed by atoms with Crippen LogP contribution in [0.1, 0.15) is 60.2 Å². The molecule has 1 N–H and O–H groups in total. The maximum atomic E-state index is 11.3. The van der Waals surface area contributed by atoms with Gasteiger partial charge in [-0.1, -0.05) is 54.9 Å². The lowest BCUT2D eigenvalue weighted by Gasteiger charge is -2.13. The van der Waals surface area contributed by atoms with Crippen molar-refractivity contribution in [2.24, 2.45) is 0 Å². The molecular weight excluding hydrogens is 430 g/mol. The standard InChI is InChI=1S/C28H29NO5/c1-3-4-5-20-6-8-22(9-7-20)27-16-23(19(2)34-27)18-32-24-12-10-21(11-13-24)25(17-28(30)31)26-14-15-33-29-26/h6-16,25H,3-5,17-18H2,1-2H3,(H,30,31)/t25-/m0/s1. The minimum atomic E-state index is -0.893. The number of hydrogen-bond acceptors (Lipinski definition) is 5. The van der Waals surface area contributed by atoms with Crippen molar-refractivity contribution >= 4 is 5.97 Å². The number of nitrogens with zero attached hydrogens (tertiary/aromatic N) is 1. The van der Waals surface area contributed by atoms with Gasteiger partial charge in [0, 0.05) is 23.1 Å². The molecule has 2 aromatic heterocycles. The summed E-state index contributed by atoms with van der Waals surface area (Å²) in [6.07, 6.45) is 4.87. The van der Waals surface area contributed by atoms with Gasteiger partial charge in [0.2, 0.25) is 0 Å². The van der Waals surface area contributed by atoms with E-state index < -0.39 is 5.97 Å². The van der Waals surface area contributed by atoms with E-state index in [0.717, 1.165) is 34.6 Å². The predicted molar refractivity (Wildman–Crippen MR) is 129 cm³/mol. The Labute approximate surface area is 199 Å². The highest BCUT2D eigenvalue weighted by molar-refractivity contribution is 5.69. The summed E-state index contributed by atoms with van der Waals surface area (Å²) < 4.78 is 16.9. The van der Waals surface area contributed by atoms with Gasteiger partial charge in [-0.05, 0) is 49.1 Å². The molecule has 0 spiro atoms. The second kappa shape index (κ2) is 10.9. The summed E-state index contributed by atoms with van der Waals surface area (Å²) in [7, 11) is 0. The van der Waals surface area contributed by atoms with Crippen LogP contribution in [0.3, 0.4) is 0 Å². The first kappa shape index (κ1) is 23.4. The van der Waals surface area contributed by atoms with Gasteiger partial charge in [0.25, 0.3) is 0 Å². The lowest BCUT2D eigenvalue weighted by Crippen LogP contribution is -2.08. The number of hydrogen-bond donors (Lipinski definition) is 1. The average Bonchev–Trinajstić information content (AvgIpc) is 3.51. The van der Waals surface area contributed by atoms with Crippen molar-refractivity contribution in [3.63, 3.8) is 0 Å². The number of carboxylic acid groups (broad SMARTS) is 1. The molecule has 4 rings (SSSR count). The molecule has 6 nitrogen and oxygen atoms in total. The van der Waals surface area contributed by atoms with Gasteiger partial charge in [0.05, 0.1) is 12.1 Å². The fraction of sp³-hybridized carbons (Fsp3) is 0.286. The van der Waals surface area contributed by atoms with Gasteiger partial charge in [-0.25, -0.2) is 0 Å². The van der Waals surface area contributed by atoms with E-state index in [0.29, 0.717) is 18.1 Å². The molecule has 0 saturated carbocycles. The predicted octanol–water partition coefficient (Wildman–Crippen LogP) is 6.77. The normalized spacial score (nSPS) is 11.9. The fourth-order valence-corrected chi connectivity index (χ4v) is 3.95. The molecule has 0 aliphatic rings. The summed E-state index contributed by atoms with van der Waals surface area (Å²) in [5.41, 5.74) is 4.82. The van der Waals surface area contributed by atoms with Gasteiger partial charge in [-0.3, -0.25) is 4.79 Å². The lowest BCUT2D eigenvalue weighted by atomic mass is 9.92. The maximum Gasteiger partial charge on any atom is 0.304 e. The number of benzene rings is 2. The van der Waals surface area contributed by atoms with E-state index in [2.05, 4.69) is 36.3 Å². The van der Waals surface area contributed by atoms with Crippen molar-refractivity contribution in [1.29, 1.82) is 0 Å². The van der Waals surface area contributed by atoms with Gasteiger partial charge in [-0.2, -0.15) is 0 Å². The molecule has 2 aromatic carbocycles. The maximum absolute atomic E-state index is 11.3. The Kier molecular flexibility index (Phi) is 7.48. The molecule has 0 aliphatic carbocycles. The molecule has 34 heavy (non-hydrogen) atoms. The molecule has 2 heterocycles. The fourth-order valence-electron chi connectivity index (χ4n) is 3.95. The second-order valence-electron chi connectivity index (χ2n) is 8.43. The van der Waals surface area contributed by atoms with Crippen LogP contribution in [0.25, 0.3) is 11.3 Å². The number of carboxylic acids is 1. The van der Waals surface area contributed by atoms with E-state index in [1.54, 1.807) is 6.07 Å². The Morgan fingerprint density at radius 3 is 2.50 bits per heavy atom. The van der Waals surface area contributed by atoms with Crippen LogP contribution in [0, 0.1) is 6.92 Å². The first-order valence-corrected chi connectivity index (χ1v) is 11.6. The smallest absolute Gasteiger partial charge is 0.304 e. The minimum Gasteiger partial charge on any atom is -0.489 e. The summed E-state index contributed by atoms with van der Waals surface area (Å²) in [6, 6.07) is 19.7. The molecule has 0 aliphatic heterocycles. The van der Waals surface area contributed by atoms with Crippen molar-refractivity contribution in [3.8, 4) is 17.1 Å². The summed E-state index contributed by atoms with van der Waals surface area (Å²) in [6.45, 7) is 4.52. The Morgan fingerprint density at radius 1 is 1.09 bits per heavy atom. The highest BCUT2D eigenvalue weighted by atomic mass is 16.5. The monoisotopic (exact) mass is 459 g/mol. The summed E-state index contributed by atoms with van der Waals surface area (Å²) in [5, 5.41) is 13.2. The van der Waals surface area contributed by atoms with Crippen molar-refractivity contribution < 1.29 is 23.6 Å². The van der Waals surface area contributed by atoms with E-state index in [-0.39, 0.29) is 12.3 Å². The van der Waals surface area contributed by atoms with Crippen LogP contribution >= 0.6 is 0 Å². The van der Waals surface area contributed by atoms with Crippen LogP contribution in [-0.2, 0) is 17.8 Å². The topological polar surface area (TPSA) is 85.7 Å². The first-order chi connectivity index (χ1) is 16.5. The summed E-state index contributed by atoms with van der Waals surface area (Å²) >= 11 is 0. The molecule has 176 valence electrons. The zero-order valence-corrected chi connectivity index (χ0v) is 19.5. The van der Waals surface area contributed by atoms with Gasteiger partial charge in [0.15, 0.2) is 0 Å². The average molecular weight is 460 g/mol. The highest BCUT2D eigenvalue weighted by Gasteiger charge is 2.20. The van der Waals surface area contributed by atoms with Gasteiger partial charge in [-0.15, -0.1) is 0 Å². The van der Waals surface area contributed by atoms with Crippen molar-refractivity contribution in [2.75, 3.05) is 0 Å². The van der Waals surface area contributed by atoms with Crippen LogP contribution in [0.4, 0.5) is 0 Å². The van der Waals surface area contributed by atoms with E-state index in [9.17, 15) is 9.90 Å². The van der Waals surface area contributed by atoms with E-state index >= 15 is 0 Å². The number of aromatic nitrogens is 1. The van der Waals surface area contributed by atoms with E-state index in [1.165, 1.54) is 24.7 Å². The highest BCUT2D eigenvalue weighted by Crippen LogP contribution is 2.30.